The van der Waals surface area contributed by atoms with Crippen molar-refractivity contribution in [3.8, 4) is 0 Å². The Morgan fingerprint density at radius 1 is 1.00 bits per heavy atom. The summed E-state index contributed by atoms with van der Waals surface area (Å²) in [5.41, 5.74) is 1.23. The predicted octanol–water partition coefficient (Wildman–Crippen LogP) is 4.79. The minimum Gasteiger partial charge on any atom is -0.478 e. The number of ether oxygens (including phenoxy) is 2. The zero-order valence-electron chi connectivity index (χ0n) is 22.1. The highest BCUT2D eigenvalue weighted by molar-refractivity contribution is 5.94. The van der Waals surface area contributed by atoms with Gasteiger partial charge in [0.25, 0.3) is 0 Å². The van der Waals surface area contributed by atoms with Gasteiger partial charge in [-0.25, -0.2) is 9.59 Å². The Balaban J connectivity index is 0.000000532. The third kappa shape index (κ3) is 9.68. The number of carboxylic acid groups (broad SMARTS) is 2. The summed E-state index contributed by atoms with van der Waals surface area (Å²) in [6, 6.07) is 6.69. The summed E-state index contributed by atoms with van der Waals surface area (Å²) in [7, 11) is 1.69. The van der Waals surface area contributed by atoms with Crippen molar-refractivity contribution in [1.29, 1.82) is 0 Å². The lowest BCUT2D eigenvalue weighted by molar-refractivity contribution is -0.192. The van der Waals surface area contributed by atoms with Crippen LogP contribution in [0.15, 0.2) is 29.3 Å². The number of rotatable bonds is 11. The van der Waals surface area contributed by atoms with E-state index in [1.165, 1.54) is 38.5 Å². The van der Waals surface area contributed by atoms with Crippen LogP contribution in [0.5, 0.6) is 0 Å². The molecule has 4 fully saturated rings. The number of hydrogen-bond acceptors (Lipinski definition) is 5. The second-order valence-electron chi connectivity index (χ2n) is 10.6. The van der Waals surface area contributed by atoms with E-state index in [9.17, 15) is 18.0 Å². The maximum Gasteiger partial charge on any atom is 0.490 e. The molecular weight excluding hydrogens is 519 g/mol. The van der Waals surface area contributed by atoms with Gasteiger partial charge < -0.3 is 30.3 Å². The van der Waals surface area contributed by atoms with Gasteiger partial charge in [0, 0.05) is 39.1 Å². The maximum atomic E-state index is 11.1. The Labute approximate surface area is 226 Å². The van der Waals surface area contributed by atoms with E-state index in [1.54, 1.807) is 31.4 Å². The first-order valence-corrected chi connectivity index (χ1v) is 13.3. The molecule has 4 aliphatic rings. The number of anilines is 1. The highest BCUT2D eigenvalue weighted by Crippen LogP contribution is 2.57. The molecule has 218 valence electrons. The highest BCUT2D eigenvalue weighted by atomic mass is 19.4. The summed E-state index contributed by atoms with van der Waals surface area (Å²) < 4.78 is 43.4. The molecule has 0 heterocycles. The zero-order valence-corrected chi connectivity index (χ0v) is 22.1. The molecule has 5 rings (SSSR count). The van der Waals surface area contributed by atoms with Crippen molar-refractivity contribution in [2.75, 3.05) is 38.7 Å². The lowest BCUT2D eigenvalue weighted by Crippen LogP contribution is -2.52. The second-order valence-corrected chi connectivity index (χ2v) is 10.6. The van der Waals surface area contributed by atoms with Gasteiger partial charge in [0.1, 0.15) is 0 Å². The second kappa shape index (κ2) is 14.0. The number of guanidine groups is 1. The van der Waals surface area contributed by atoms with Crippen molar-refractivity contribution < 1.29 is 42.4 Å². The summed E-state index contributed by atoms with van der Waals surface area (Å²) >= 11 is 0. The molecule has 9 nitrogen and oxygen atoms in total. The number of aromatic carboxylic acids is 1. The molecule has 1 aromatic carbocycles. The number of aliphatic carboxylic acids is 1. The van der Waals surface area contributed by atoms with Crippen LogP contribution in [0, 0.1) is 17.8 Å². The quantitative estimate of drug-likeness (QED) is 0.174. The maximum absolute atomic E-state index is 11.1. The van der Waals surface area contributed by atoms with Gasteiger partial charge in [-0.3, -0.25) is 4.99 Å². The number of nitrogens with one attached hydrogen (secondary N) is 2. The molecule has 4 saturated carbocycles. The number of hydrogen-bond donors (Lipinski definition) is 4. The fourth-order valence-corrected chi connectivity index (χ4v) is 6.15. The smallest absolute Gasteiger partial charge is 0.478 e. The van der Waals surface area contributed by atoms with Crippen LogP contribution in [-0.2, 0) is 14.3 Å². The van der Waals surface area contributed by atoms with E-state index in [4.69, 9.17) is 24.5 Å². The average molecular weight is 558 g/mol. The highest BCUT2D eigenvalue weighted by Gasteiger charge is 2.51. The third-order valence-corrected chi connectivity index (χ3v) is 7.42. The molecule has 0 aromatic heterocycles. The topological polar surface area (TPSA) is 129 Å². The van der Waals surface area contributed by atoms with Gasteiger partial charge in [-0.05, 0) is 93.4 Å². The number of aliphatic imine (C=N–C) groups is 1. The molecule has 1 aromatic rings. The fraction of sp³-hybridized carbons (Fsp3) is 0.667. The molecule has 0 saturated heterocycles. The minimum atomic E-state index is -5.08. The molecule has 0 unspecified atom stereocenters. The Morgan fingerprint density at radius 3 is 2.05 bits per heavy atom. The third-order valence-electron chi connectivity index (χ3n) is 7.42. The molecule has 0 amide bonds. The van der Waals surface area contributed by atoms with Gasteiger partial charge >= 0.3 is 18.1 Å². The van der Waals surface area contributed by atoms with E-state index in [0.717, 1.165) is 49.4 Å². The van der Waals surface area contributed by atoms with Crippen LogP contribution in [0.3, 0.4) is 0 Å². The molecule has 4 bridgehead atoms. The largest absolute Gasteiger partial charge is 0.490 e. The lowest BCUT2D eigenvalue weighted by atomic mass is 9.54. The predicted molar refractivity (Wildman–Crippen MR) is 139 cm³/mol. The Hall–Kier alpha value is -2.86. The standard InChI is InChI=1S/C25H37N3O4.C2HF3O2/c1-31-10-2-8-26-24(28-22-6-4-21(5-7-22)23(29)30)27-9-3-11-32-25-15-18-12-19(16-25)14-20(13-18)17-25;3-2(4,5)1(6)7/h4-7,18-20H,2-3,8-17H2,1H3,(H,29,30)(H2,26,27,28);(H,6,7). The van der Waals surface area contributed by atoms with Crippen LogP contribution in [0.2, 0.25) is 0 Å². The zero-order chi connectivity index (χ0) is 28.5. The Morgan fingerprint density at radius 2 is 1.56 bits per heavy atom. The summed E-state index contributed by atoms with van der Waals surface area (Å²) in [6.07, 6.45) is 4.81. The number of carbonyl (C=O) groups is 2. The lowest BCUT2D eigenvalue weighted by Gasteiger charge is -2.56. The van der Waals surface area contributed by atoms with Crippen LogP contribution >= 0.6 is 0 Å². The normalized spacial score (nSPS) is 25.5. The van der Waals surface area contributed by atoms with Crippen molar-refractivity contribution in [3.63, 3.8) is 0 Å². The Bertz CT molecular complexity index is 949. The van der Waals surface area contributed by atoms with Gasteiger partial charge in [0.15, 0.2) is 5.96 Å². The molecular formula is C27H38F3N3O6. The minimum absolute atomic E-state index is 0.163. The number of halogens is 3. The van der Waals surface area contributed by atoms with Crippen LogP contribution in [0.4, 0.5) is 18.9 Å². The first kappa shape index (κ1) is 30.7. The van der Waals surface area contributed by atoms with E-state index >= 15 is 0 Å². The van der Waals surface area contributed by atoms with Crippen LogP contribution in [0.1, 0.15) is 61.7 Å². The van der Waals surface area contributed by atoms with Gasteiger partial charge in [0.2, 0.25) is 0 Å². The molecule has 0 aliphatic heterocycles. The van der Waals surface area contributed by atoms with Crippen molar-refractivity contribution >= 4 is 23.6 Å². The van der Waals surface area contributed by atoms with Gasteiger partial charge in [-0.15, -0.1) is 0 Å². The van der Waals surface area contributed by atoms with E-state index in [2.05, 4.69) is 15.6 Å². The number of nitrogens with zero attached hydrogens (tertiary/aromatic N) is 1. The molecule has 0 radical (unpaired) electrons. The molecule has 0 atom stereocenters. The first-order chi connectivity index (χ1) is 18.5. The van der Waals surface area contributed by atoms with E-state index in [1.807, 2.05) is 0 Å². The first-order valence-electron chi connectivity index (χ1n) is 13.3. The van der Waals surface area contributed by atoms with Crippen molar-refractivity contribution in [1.82, 2.24) is 5.32 Å². The Kier molecular flexibility index (Phi) is 11.0. The van der Waals surface area contributed by atoms with Crippen molar-refractivity contribution in [2.45, 2.75) is 63.1 Å². The molecule has 0 spiro atoms. The molecule has 4 N–H and O–H groups in total. The van der Waals surface area contributed by atoms with Crippen LogP contribution < -0.4 is 10.6 Å². The van der Waals surface area contributed by atoms with Crippen LogP contribution in [0.25, 0.3) is 0 Å². The number of carboxylic acids is 2. The summed E-state index contributed by atoms with van der Waals surface area (Å²) in [6.45, 7) is 2.88. The van der Waals surface area contributed by atoms with Gasteiger partial charge in [-0.1, -0.05) is 0 Å². The number of alkyl halides is 3. The van der Waals surface area contributed by atoms with Gasteiger partial charge in [-0.2, -0.15) is 13.2 Å². The monoisotopic (exact) mass is 557 g/mol. The molecule has 39 heavy (non-hydrogen) atoms. The molecule has 4 aliphatic carbocycles. The summed E-state index contributed by atoms with van der Waals surface area (Å²) in [5.74, 6) is -0.278. The number of benzene rings is 1. The number of methoxy groups -OCH3 is 1. The molecule has 12 heteroatoms. The fourth-order valence-electron chi connectivity index (χ4n) is 6.15. The van der Waals surface area contributed by atoms with Crippen LogP contribution in [-0.4, -0.2) is 73.3 Å². The van der Waals surface area contributed by atoms with Gasteiger partial charge in [0.05, 0.1) is 11.2 Å². The SMILES string of the molecule is COCCCN=C(NCCCOC12CC3CC(CC(C3)C1)C2)Nc1ccc(C(=O)O)cc1.O=C(O)C(F)(F)F. The van der Waals surface area contributed by atoms with Crippen molar-refractivity contribution in [3.05, 3.63) is 29.8 Å². The average Bonchev–Trinajstić information content (AvgIpc) is 2.85. The van der Waals surface area contributed by atoms with E-state index < -0.39 is 18.1 Å². The van der Waals surface area contributed by atoms with E-state index in [-0.39, 0.29) is 11.2 Å². The summed E-state index contributed by atoms with van der Waals surface area (Å²) in [4.78, 5) is 24.6. The van der Waals surface area contributed by atoms with Crippen molar-refractivity contribution in [2.24, 2.45) is 22.7 Å². The summed E-state index contributed by atoms with van der Waals surface area (Å²) in [5, 5.41) is 22.9. The van der Waals surface area contributed by atoms with E-state index in [0.29, 0.717) is 19.1 Å².